The lowest BCUT2D eigenvalue weighted by Gasteiger charge is -2.20. The average molecular weight is 480 g/mol. The first-order chi connectivity index (χ1) is 19.5. The molecule has 0 saturated carbocycles. The van der Waals surface area contributed by atoms with Crippen molar-refractivity contribution < 1.29 is 17.2 Å². The molecule has 2 aromatic heterocycles. The smallest absolute Gasteiger partial charge is 0.229 e. The molecule has 0 spiro atoms. The largest absolute Gasteiger partial charge is 0.466 e. The third kappa shape index (κ3) is 3.88. The zero-order valence-corrected chi connectivity index (χ0v) is 21.5. The fourth-order valence-corrected chi connectivity index (χ4v) is 4.75. The van der Waals surface area contributed by atoms with Gasteiger partial charge in [0.15, 0.2) is 5.69 Å². The zero-order chi connectivity index (χ0) is 30.9. The van der Waals surface area contributed by atoms with Crippen LogP contribution in [0.4, 0.5) is 5.69 Å². The third-order valence-corrected chi connectivity index (χ3v) is 6.61. The molecule has 3 heteroatoms. The van der Waals surface area contributed by atoms with Gasteiger partial charge in [0, 0.05) is 36.2 Å². The lowest BCUT2D eigenvalue weighted by Crippen LogP contribution is -2.36. The van der Waals surface area contributed by atoms with Crippen LogP contribution in [0.1, 0.15) is 51.4 Å². The van der Waals surface area contributed by atoms with E-state index >= 15 is 0 Å². The normalized spacial score (nSPS) is 15.0. The summed E-state index contributed by atoms with van der Waals surface area (Å²) in [6.07, 6.45) is -2.14. The highest BCUT2D eigenvalue weighted by molar-refractivity contribution is 6.18. The van der Waals surface area contributed by atoms with Crippen molar-refractivity contribution in [3.05, 3.63) is 94.4 Å². The summed E-state index contributed by atoms with van der Waals surface area (Å²) in [5.41, 5.74) is 3.90. The molecule has 3 aromatic carbocycles. The van der Waals surface area contributed by atoms with Crippen LogP contribution in [0.2, 0.25) is 0 Å². The molecule has 3 nitrogen and oxygen atoms in total. The van der Waals surface area contributed by atoms with Gasteiger partial charge in [-0.25, -0.2) is 4.85 Å². The summed E-state index contributed by atoms with van der Waals surface area (Å²) in [4.78, 5) is 3.72. The molecule has 0 radical (unpaired) electrons. The van der Waals surface area contributed by atoms with Gasteiger partial charge in [0.05, 0.1) is 13.5 Å². The highest BCUT2D eigenvalue weighted by Crippen LogP contribution is 2.44. The first kappa shape index (κ1) is 17.5. The first-order valence-electron chi connectivity index (χ1n) is 15.0. The minimum absolute atomic E-state index is 0.139. The Bertz CT molecular complexity index is 1920. The van der Waals surface area contributed by atoms with Crippen molar-refractivity contribution in [2.24, 2.45) is 12.5 Å². The average Bonchev–Trinajstić information content (AvgIpc) is 3.30. The Labute approximate surface area is 222 Å². The third-order valence-electron chi connectivity index (χ3n) is 6.61. The van der Waals surface area contributed by atoms with Crippen LogP contribution < -0.4 is 4.57 Å². The number of hydrogen-bond donors (Lipinski definition) is 0. The summed E-state index contributed by atoms with van der Waals surface area (Å²) in [6.45, 7) is 13.8. The minimum atomic E-state index is -2.64. The SMILES string of the molecule is [2H]c1c(C([2H])([2H])C(C)(C)C)c(C([2H])([2H])[2H])c(C)[n+](C)c1-c1c(C)ccc2c1oc1c([N+]#[C-])ccc(-c3ccccc3)c12. The van der Waals surface area contributed by atoms with Crippen LogP contribution in [-0.4, -0.2) is 0 Å². The van der Waals surface area contributed by atoms with Gasteiger partial charge in [0.1, 0.15) is 18.2 Å². The molecule has 0 aliphatic carbocycles. The Hall–Kier alpha value is -3.90. The van der Waals surface area contributed by atoms with E-state index in [1.54, 1.807) is 45.4 Å². The zero-order valence-electron chi connectivity index (χ0n) is 27.5. The van der Waals surface area contributed by atoms with Gasteiger partial charge in [-0.2, -0.15) is 4.57 Å². The van der Waals surface area contributed by atoms with Gasteiger partial charge in [0.25, 0.3) is 0 Å². The first-order valence-corrected chi connectivity index (χ1v) is 12.0. The van der Waals surface area contributed by atoms with Crippen molar-refractivity contribution in [2.45, 2.75) is 47.8 Å². The Morgan fingerprint density at radius 3 is 2.47 bits per heavy atom. The predicted molar refractivity (Wildman–Crippen MR) is 149 cm³/mol. The fourth-order valence-electron chi connectivity index (χ4n) is 4.75. The van der Waals surface area contributed by atoms with Crippen molar-refractivity contribution in [1.29, 1.82) is 0 Å². The molecule has 0 saturated heterocycles. The second kappa shape index (κ2) is 8.64. The highest BCUT2D eigenvalue weighted by atomic mass is 16.3. The van der Waals surface area contributed by atoms with Crippen LogP contribution in [0.15, 0.2) is 65.1 Å². The van der Waals surface area contributed by atoms with Gasteiger partial charge in [-0.1, -0.05) is 75.4 Å². The van der Waals surface area contributed by atoms with Gasteiger partial charge < -0.3 is 4.42 Å². The number of hydrogen-bond acceptors (Lipinski definition) is 1. The molecule has 0 aliphatic rings. The van der Waals surface area contributed by atoms with Crippen LogP contribution in [0.25, 0.3) is 49.2 Å². The molecule has 5 rings (SSSR count). The monoisotopic (exact) mass is 479 g/mol. The second-order valence-electron chi connectivity index (χ2n) is 10.3. The van der Waals surface area contributed by atoms with E-state index in [-0.39, 0.29) is 17.2 Å². The quantitative estimate of drug-likeness (QED) is 0.187. The number of benzene rings is 3. The minimum Gasteiger partial charge on any atom is -0.466 e. The summed E-state index contributed by atoms with van der Waals surface area (Å²) in [5.74, 6) is 0. The van der Waals surface area contributed by atoms with Crippen LogP contribution in [0, 0.1) is 32.7 Å². The molecule has 0 aliphatic heterocycles. The molecular weight excluding hydrogens is 440 g/mol. The molecular formula is C33H33N2O+. The Morgan fingerprint density at radius 2 is 1.81 bits per heavy atom. The molecule has 0 unspecified atom stereocenters. The van der Waals surface area contributed by atoms with E-state index in [2.05, 4.69) is 4.85 Å². The molecule has 0 amide bonds. The molecule has 0 atom stereocenters. The summed E-state index contributed by atoms with van der Waals surface area (Å²) >= 11 is 0. The van der Waals surface area contributed by atoms with E-state index in [1.807, 2.05) is 55.5 Å². The maximum absolute atomic E-state index is 9.44. The molecule has 180 valence electrons. The van der Waals surface area contributed by atoms with Crippen molar-refractivity contribution in [3.8, 4) is 22.4 Å². The molecule has 5 aromatic rings. The van der Waals surface area contributed by atoms with Crippen molar-refractivity contribution >= 4 is 27.6 Å². The number of rotatable bonds is 3. The van der Waals surface area contributed by atoms with E-state index in [4.69, 9.17) is 17.8 Å². The number of pyridine rings is 1. The molecule has 0 fully saturated rings. The van der Waals surface area contributed by atoms with E-state index in [0.717, 1.165) is 27.5 Å². The van der Waals surface area contributed by atoms with Gasteiger partial charge in [-0.15, -0.1) is 0 Å². The fraction of sp³-hybridized carbons (Fsp3) is 0.273. The Morgan fingerprint density at radius 1 is 1.06 bits per heavy atom. The van der Waals surface area contributed by atoms with E-state index < -0.39 is 18.6 Å². The van der Waals surface area contributed by atoms with Gasteiger partial charge >= 0.3 is 0 Å². The number of aromatic nitrogens is 1. The number of aryl methyl sites for hydroxylation is 1. The maximum atomic E-state index is 9.44. The van der Waals surface area contributed by atoms with Crippen LogP contribution in [0.5, 0.6) is 0 Å². The van der Waals surface area contributed by atoms with Crippen LogP contribution >= 0.6 is 0 Å². The topological polar surface area (TPSA) is 21.4 Å². The van der Waals surface area contributed by atoms with Crippen LogP contribution in [0.3, 0.4) is 0 Å². The molecule has 36 heavy (non-hydrogen) atoms. The lowest BCUT2D eigenvalue weighted by molar-refractivity contribution is -0.667. The van der Waals surface area contributed by atoms with Crippen molar-refractivity contribution in [3.63, 3.8) is 0 Å². The lowest BCUT2D eigenvalue weighted by atomic mass is 9.85. The molecule has 0 N–H and O–H groups in total. The molecule has 0 bridgehead atoms. The van der Waals surface area contributed by atoms with E-state index in [9.17, 15) is 1.37 Å². The Kier molecular flexibility index (Phi) is 4.21. The predicted octanol–water partition coefficient (Wildman–Crippen LogP) is 8.81. The summed E-state index contributed by atoms with van der Waals surface area (Å²) < 4.78 is 60.8. The maximum Gasteiger partial charge on any atom is 0.229 e. The summed E-state index contributed by atoms with van der Waals surface area (Å²) in [6, 6.07) is 17.2. The summed E-state index contributed by atoms with van der Waals surface area (Å²) in [5, 5.41) is 1.54. The van der Waals surface area contributed by atoms with Crippen molar-refractivity contribution in [1.82, 2.24) is 0 Å². The summed E-state index contributed by atoms with van der Waals surface area (Å²) in [7, 11) is 1.70. The van der Waals surface area contributed by atoms with Crippen molar-refractivity contribution in [2.75, 3.05) is 0 Å². The van der Waals surface area contributed by atoms with E-state index in [0.29, 0.717) is 33.8 Å². The van der Waals surface area contributed by atoms with Crippen LogP contribution in [-0.2, 0) is 13.4 Å². The number of fused-ring (bicyclic) bond motifs is 3. The van der Waals surface area contributed by atoms with Gasteiger partial charge in [0.2, 0.25) is 11.4 Å². The Balaban J connectivity index is 1.99. The van der Waals surface area contributed by atoms with Gasteiger partial charge in [-0.3, -0.25) is 0 Å². The van der Waals surface area contributed by atoms with E-state index in [1.165, 1.54) is 0 Å². The number of furan rings is 1. The standard InChI is InChI=1S/C33H33N2O/c1-20-14-15-26-30-25(23-12-10-9-11-13-23)16-17-27(34-7)32(30)36-31(26)29(20)28-18-24(19-33(4,5)6)21(2)22(3)35(28)8/h9-18H,19H2,1-6,8H3/q+1/i2D3,18D,19D2. The molecule has 2 heterocycles. The number of nitrogens with zero attached hydrogens (tertiary/aromatic N) is 2. The van der Waals surface area contributed by atoms with Gasteiger partial charge in [-0.05, 0) is 47.8 Å². The second-order valence-corrected chi connectivity index (χ2v) is 10.3. The highest BCUT2D eigenvalue weighted by Gasteiger charge is 2.27.